The average Bonchev–Trinajstić information content (AvgIpc) is 2.84. The van der Waals surface area contributed by atoms with Gasteiger partial charge in [-0.3, -0.25) is 4.79 Å². The number of fused-ring (bicyclic) bond motifs is 1. The number of hydrogen-bond donors (Lipinski definition) is 0. The van der Waals surface area contributed by atoms with Gasteiger partial charge in [-0.25, -0.2) is 0 Å². The Morgan fingerprint density at radius 2 is 2.16 bits per heavy atom. The molecule has 3 rings (SSSR count). The minimum absolute atomic E-state index is 0.123. The van der Waals surface area contributed by atoms with Crippen molar-refractivity contribution in [2.24, 2.45) is 11.8 Å². The van der Waals surface area contributed by atoms with Gasteiger partial charge in [0.2, 0.25) is 0 Å². The van der Waals surface area contributed by atoms with E-state index in [1.54, 1.807) is 13.2 Å². The van der Waals surface area contributed by atoms with E-state index >= 15 is 0 Å². The van der Waals surface area contributed by atoms with Crippen molar-refractivity contribution in [2.75, 3.05) is 7.11 Å². The summed E-state index contributed by atoms with van der Waals surface area (Å²) >= 11 is 0. The van der Waals surface area contributed by atoms with Gasteiger partial charge < -0.3 is 9.47 Å². The summed E-state index contributed by atoms with van der Waals surface area (Å²) in [6.45, 7) is 8.26. The third-order valence-corrected chi connectivity index (χ3v) is 5.30. The van der Waals surface area contributed by atoms with E-state index in [1.165, 1.54) is 0 Å². The fourth-order valence-corrected chi connectivity index (χ4v) is 3.97. The summed E-state index contributed by atoms with van der Waals surface area (Å²) < 4.78 is 12.0. The first-order chi connectivity index (χ1) is 8.82. The van der Waals surface area contributed by atoms with Crippen LogP contribution in [-0.2, 0) is 14.3 Å². The first kappa shape index (κ1) is 13.1. The van der Waals surface area contributed by atoms with E-state index in [0.29, 0.717) is 5.92 Å². The molecular weight excluding hydrogens is 240 g/mol. The summed E-state index contributed by atoms with van der Waals surface area (Å²) in [6, 6.07) is 0. The lowest BCUT2D eigenvalue weighted by molar-refractivity contribution is -0.112. The molecule has 0 radical (unpaired) electrons. The molecule has 3 heteroatoms. The summed E-state index contributed by atoms with van der Waals surface area (Å²) in [5.41, 5.74) is 1.26. The molecule has 4 unspecified atom stereocenters. The van der Waals surface area contributed by atoms with E-state index in [2.05, 4.69) is 20.8 Å². The lowest BCUT2D eigenvalue weighted by Crippen LogP contribution is -2.50. The summed E-state index contributed by atoms with van der Waals surface area (Å²) in [5.74, 6) is 0.718. The lowest BCUT2D eigenvalue weighted by Gasteiger charge is -2.44. The van der Waals surface area contributed by atoms with Gasteiger partial charge in [0, 0.05) is 18.9 Å². The second kappa shape index (κ2) is 3.80. The molecule has 0 N–H and O–H groups in total. The number of rotatable bonds is 2. The second-order valence-electron chi connectivity index (χ2n) is 6.63. The molecule has 0 amide bonds. The van der Waals surface area contributed by atoms with Gasteiger partial charge in [-0.2, -0.15) is 0 Å². The topological polar surface area (TPSA) is 35.5 Å². The summed E-state index contributed by atoms with van der Waals surface area (Å²) in [4.78, 5) is 11.9. The van der Waals surface area contributed by atoms with Crippen LogP contribution in [0.4, 0.5) is 0 Å². The zero-order valence-corrected chi connectivity index (χ0v) is 12.3. The summed E-state index contributed by atoms with van der Waals surface area (Å²) in [7, 11) is 1.75. The zero-order valence-electron chi connectivity index (χ0n) is 12.3. The Morgan fingerprint density at radius 3 is 2.79 bits per heavy atom. The van der Waals surface area contributed by atoms with Gasteiger partial charge in [-0.1, -0.05) is 6.92 Å². The van der Waals surface area contributed by atoms with Crippen molar-refractivity contribution in [1.82, 2.24) is 0 Å². The monoisotopic (exact) mass is 262 g/mol. The Hall–Kier alpha value is -0.930. The Kier molecular flexibility index (Phi) is 2.61. The highest BCUT2D eigenvalue weighted by atomic mass is 16.5. The molecule has 19 heavy (non-hydrogen) atoms. The molecule has 2 fully saturated rings. The highest BCUT2D eigenvalue weighted by molar-refractivity contribution is 6.05. The van der Waals surface area contributed by atoms with Crippen LogP contribution in [-0.4, -0.2) is 30.2 Å². The van der Waals surface area contributed by atoms with Crippen LogP contribution in [0.3, 0.4) is 0 Å². The molecule has 2 aliphatic heterocycles. The maximum Gasteiger partial charge on any atom is 0.181 e. The van der Waals surface area contributed by atoms with Crippen molar-refractivity contribution in [3.63, 3.8) is 0 Å². The van der Waals surface area contributed by atoms with Gasteiger partial charge in [0.05, 0.1) is 11.7 Å². The van der Waals surface area contributed by atoms with E-state index in [1.807, 2.05) is 13.0 Å². The van der Waals surface area contributed by atoms with Crippen molar-refractivity contribution >= 4 is 5.78 Å². The van der Waals surface area contributed by atoms with Gasteiger partial charge in [-0.05, 0) is 50.5 Å². The quantitative estimate of drug-likeness (QED) is 0.767. The van der Waals surface area contributed by atoms with Crippen LogP contribution in [0.2, 0.25) is 0 Å². The molecule has 4 atom stereocenters. The Morgan fingerprint density at radius 1 is 1.47 bits per heavy atom. The van der Waals surface area contributed by atoms with Gasteiger partial charge in [-0.15, -0.1) is 0 Å². The normalized spacial score (nSPS) is 41.1. The SMILES string of the molecule is COC(C)(C)C1CC2OC13C=C(C)C(=O)C=C3C2C. The predicted molar refractivity (Wildman–Crippen MR) is 72.8 cm³/mol. The van der Waals surface area contributed by atoms with E-state index < -0.39 is 5.60 Å². The largest absolute Gasteiger partial charge is 0.378 e. The van der Waals surface area contributed by atoms with Crippen molar-refractivity contribution < 1.29 is 14.3 Å². The molecule has 1 spiro atoms. The van der Waals surface area contributed by atoms with Crippen LogP contribution in [0.15, 0.2) is 23.3 Å². The van der Waals surface area contributed by atoms with Crippen LogP contribution in [0, 0.1) is 11.8 Å². The third kappa shape index (κ3) is 1.55. The van der Waals surface area contributed by atoms with E-state index in [9.17, 15) is 4.79 Å². The zero-order chi connectivity index (χ0) is 14.0. The molecule has 3 nitrogen and oxygen atoms in total. The number of carbonyl (C=O) groups is 1. The smallest absolute Gasteiger partial charge is 0.181 e. The van der Waals surface area contributed by atoms with Gasteiger partial charge >= 0.3 is 0 Å². The Labute approximate surface area is 114 Å². The molecule has 0 saturated carbocycles. The number of allylic oxidation sites excluding steroid dienone is 2. The number of ketones is 1. The molecule has 104 valence electrons. The molecule has 0 aromatic carbocycles. The van der Waals surface area contributed by atoms with Crippen molar-refractivity contribution in [3.05, 3.63) is 23.3 Å². The first-order valence-corrected chi connectivity index (χ1v) is 7.00. The van der Waals surface area contributed by atoms with Crippen LogP contribution < -0.4 is 0 Å². The summed E-state index contributed by atoms with van der Waals surface area (Å²) in [6.07, 6.45) is 5.05. The predicted octanol–water partition coefficient (Wildman–Crippen LogP) is 2.66. The molecule has 2 saturated heterocycles. The van der Waals surface area contributed by atoms with Crippen molar-refractivity contribution in [1.29, 1.82) is 0 Å². The molecule has 0 aromatic rings. The van der Waals surface area contributed by atoms with Crippen LogP contribution >= 0.6 is 0 Å². The number of ether oxygens (including phenoxy) is 2. The van der Waals surface area contributed by atoms with Crippen LogP contribution in [0.25, 0.3) is 0 Å². The number of methoxy groups -OCH3 is 1. The number of hydrogen-bond acceptors (Lipinski definition) is 3. The second-order valence-corrected chi connectivity index (χ2v) is 6.63. The molecular formula is C16H22O3. The molecule has 2 heterocycles. The highest BCUT2D eigenvalue weighted by Crippen LogP contribution is 2.59. The minimum Gasteiger partial charge on any atom is -0.378 e. The van der Waals surface area contributed by atoms with Crippen LogP contribution in [0.5, 0.6) is 0 Å². The van der Waals surface area contributed by atoms with Crippen molar-refractivity contribution in [2.45, 2.75) is 51.4 Å². The van der Waals surface area contributed by atoms with E-state index in [-0.39, 0.29) is 23.4 Å². The fourth-order valence-electron chi connectivity index (χ4n) is 3.97. The van der Waals surface area contributed by atoms with E-state index in [0.717, 1.165) is 17.6 Å². The van der Waals surface area contributed by atoms with Crippen molar-refractivity contribution in [3.8, 4) is 0 Å². The van der Waals surface area contributed by atoms with Crippen LogP contribution in [0.1, 0.15) is 34.1 Å². The van der Waals surface area contributed by atoms with Gasteiger partial charge in [0.15, 0.2) is 5.78 Å². The van der Waals surface area contributed by atoms with Gasteiger partial charge in [0.1, 0.15) is 5.60 Å². The fraction of sp³-hybridized carbons (Fsp3) is 0.688. The third-order valence-electron chi connectivity index (χ3n) is 5.30. The lowest BCUT2D eigenvalue weighted by atomic mass is 9.63. The minimum atomic E-state index is -0.415. The maximum atomic E-state index is 11.9. The standard InChI is InChI=1S/C16H22O3/c1-9-8-16-11(6-12(9)17)10(2)13(19-16)7-14(16)15(3,4)18-5/h6,8,10,13-14H,7H2,1-5H3. The Balaban J connectivity index is 2.12. The summed E-state index contributed by atoms with van der Waals surface area (Å²) in [5, 5.41) is 0. The van der Waals surface area contributed by atoms with E-state index in [4.69, 9.17) is 9.47 Å². The highest BCUT2D eigenvalue weighted by Gasteiger charge is 2.63. The molecule has 2 bridgehead atoms. The Bertz CT molecular complexity index is 500. The average molecular weight is 262 g/mol. The first-order valence-electron chi connectivity index (χ1n) is 7.00. The molecule has 1 aliphatic carbocycles. The molecule has 0 aromatic heterocycles. The maximum absolute atomic E-state index is 11.9. The van der Waals surface area contributed by atoms with Gasteiger partial charge in [0.25, 0.3) is 0 Å². The molecule has 3 aliphatic rings. The number of carbonyl (C=O) groups excluding carboxylic acids is 1.